The molecule has 0 bridgehead atoms. The van der Waals surface area contributed by atoms with Crippen molar-refractivity contribution in [3.8, 4) is 11.5 Å². The Kier molecular flexibility index (Phi) is 6.15. The van der Waals surface area contributed by atoms with Gasteiger partial charge in [0.2, 0.25) is 5.91 Å². The Labute approximate surface area is 187 Å². The van der Waals surface area contributed by atoms with Crippen molar-refractivity contribution in [3.05, 3.63) is 53.1 Å². The maximum Gasteiger partial charge on any atom is 0.286 e. The largest absolute Gasteiger partial charge is 0.493 e. The molecule has 0 saturated carbocycles. The van der Waals surface area contributed by atoms with E-state index in [2.05, 4.69) is 10.6 Å². The minimum absolute atomic E-state index is 0.223. The highest BCUT2D eigenvalue weighted by Gasteiger charge is 2.34. The molecule has 2 aliphatic heterocycles. The molecule has 3 amide bonds. The fourth-order valence-electron chi connectivity index (χ4n) is 3.57. The number of Topliss-reactive ketones (excluding diaryl/α,β-unsaturated/α-hetero) is 1. The summed E-state index contributed by atoms with van der Waals surface area (Å²) < 4.78 is 16.1. The van der Waals surface area contributed by atoms with E-state index in [9.17, 15) is 19.2 Å². The van der Waals surface area contributed by atoms with E-state index in [1.807, 2.05) is 0 Å². The number of anilines is 1. The molecule has 2 heterocycles. The van der Waals surface area contributed by atoms with E-state index >= 15 is 0 Å². The SMILES string of the molecule is COc1cc2c(cc1OC)C(C(=O)Nc1ccc(CC3SC(=O)NC3=O)cc1)OCC2=O. The summed E-state index contributed by atoms with van der Waals surface area (Å²) in [5, 5.41) is 4.24. The average molecular weight is 456 g/mol. The smallest absolute Gasteiger partial charge is 0.286 e. The van der Waals surface area contributed by atoms with Crippen molar-refractivity contribution in [3.63, 3.8) is 0 Å². The molecule has 1 saturated heterocycles. The van der Waals surface area contributed by atoms with Crippen molar-refractivity contribution in [1.82, 2.24) is 5.32 Å². The van der Waals surface area contributed by atoms with Gasteiger partial charge in [-0.15, -0.1) is 0 Å². The number of carbonyl (C=O) groups is 4. The molecule has 0 spiro atoms. The molecule has 2 N–H and O–H groups in total. The van der Waals surface area contributed by atoms with E-state index in [0.29, 0.717) is 34.7 Å². The summed E-state index contributed by atoms with van der Waals surface area (Å²) in [7, 11) is 2.94. The average Bonchev–Trinajstić information content (AvgIpc) is 3.10. The molecule has 2 aliphatic rings. The summed E-state index contributed by atoms with van der Waals surface area (Å²) in [5.74, 6) is -0.199. The van der Waals surface area contributed by atoms with Crippen LogP contribution >= 0.6 is 11.8 Å². The topological polar surface area (TPSA) is 120 Å². The van der Waals surface area contributed by atoms with Crippen LogP contribution in [0.15, 0.2) is 36.4 Å². The zero-order valence-electron chi connectivity index (χ0n) is 17.3. The van der Waals surface area contributed by atoms with E-state index in [0.717, 1.165) is 17.3 Å². The van der Waals surface area contributed by atoms with Crippen LogP contribution in [-0.4, -0.2) is 48.9 Å². The van der Waals surface area contributed by atoms with Gasteiger partial charge in [-0.25, -0.2) is 0 Å². The zero-order valence-corrected chi connectivity index (χ0v) is 18.1. The number of rotatable bonds is 6. The first-order valence-electron chi connectivity index (χ1n) is 9.71. The number of hydrogen-bond donors (Lipinski definition) is 2. The predicted octanol–water partition coefficient (Wildman–Crippen LogP) is 2.49. The van der Waals surface area contributed by atoms with Crippen LogP contribution in [0, 0.1) is 0 Å². The molecular formula is C22H20N2O7S. The molecular weight excluding hydrogens is 436 g/mol. The normalized spacial score (nSPS) is 19.9. The number of hydrogen-bond acceptors (Lipinski definition) is 8. The lowest BCUT2D eigenvalue weighted by atomic mass is 9.95. The van der Waals surface area contributed by atoms with Gasteiger partial charge < -0.3 is 19.5 Å². The molecule has 0 radical (unpaired) electrons. The Bertz CT molecular complexity index is 1100. The Hall–Kier alpha value is -3.37. The lowest BCUT2D eigenvalue weighted by molar-refractivity contribution is -0.127. The summed E-state index contributed by atoms with van der Waals surface area (Å²) >= 11 is 0.969. The highest BCUT2D eigenvalue weighted by Crippen LogP contribution is 2.37. The van der Waals surface area contributed by atoms with Crippen molar-refractivity contribution in [2.75, 3.05) is 26.1 Å². The predicted molar refractivity (Wildman–Crippen MR) is 116 cm³/mol. The number of carbonyl (C=O) groups excluding carboxylic acids is 4. The third-order valence-electron chi connectivity index (χ3n) is 5.17. The van der Waals surface area contributed by atoms with Crippen LogP contribution in [0.5, 0.6) is 11.5 Å². The Morgan fingerprint density at radius 3 is 2.44 bits per heavy atom. The lowest BCUT2D eigenvalue weighted by Gasteiger charge is -2.25. The number of fused-ring (bicyclic) bond motifs is 1. The fourth-order valence-corrected chi connectivity index (χ4v) is 4.43. The van der Waals surface area contributed by atoms with Gasteiger partial charge in [0.05, 0.1) is 19.5 Å². The third kappa shape index (κ3) is 4.32. The summed E-state index contributed by atoms with van der Waals surface area (Å²) in [6, 6.07) is 10.1. The van der Waals surface area contributed by atoms with Crippen LogP contribution in [0.3, 0.4) is 0 Å². The van der Waals surface area contributed by atoms with E-state index in [4.69, 9.17) is 14.2 Å². The van der Waals surface area contributed by atoms with Crippen molar-refractivity contribution in [1.29, 1.82) is 0 Å². The van der Waals surface area contributed by atoms with Crippen molar-refractivity contribution >= 4 is 40.3 Å². The van der Waals surface area contributed by atoms with Crippen LogP contribution in [-0.2, 0) is 20.7 Å². The Balaban J connectivity index is 1.49. The number of ether oxygens (including phenoxy) is 3. The summed E-state index contributed by atoms with van der Waals surface area (Å²) in [6.07, 6.45) is -0.592. The van der Waals surface area contributed by atoms with Crippen molar-refractivity contribution < 1.29 is 33.4 Å². The summed E-state index contributed by atoms with van der Waals surface area (Å²) in [6.45, 7) is -0.223. The number of ketones is 1. The van der Waals surface area contributed by atoms with Crippen LogP contribution in [0.4, 0.5) is 10.5 Å². The van der Waals surface area contributed by atoms with Crippen molar-refractivity contribution in [2.45, 2.75) is 17.8 Å². The van der Waals surface area contributed by atoms with Gasteiger partial charge in [0.25, 0.3) is 11.1 Å². The third-order valence-corrected chi connectivity index (χ3v) is 6.15. The molecule has 0 aliphatic carbocycles. The van der Waals surface area contributed by atoms with Gasteiger partial charge in [-0.1, -0.05) is 23.9 Å². The zero-order chi connectivity index (χ0) is 22.8. The molecule has 10 heteroatoms. The molecule has 2 aromatic carbocycles. The van der Waals surface area contributed by atoms with E-state index in [-0.39, 0.29) is 23.5 Å². The van der Waals surface area contributed by atoms with Crippen LogP contribution < -0.4 is 20.1 Å². The summed E-state index contributed by atoms with van der Waals surface area (Å²) in [4.78, 5) is 48.2. The Morgan fingerprint density at radius 2 is 1.81 bits per heavy atom. The molecule has 32 heavy (non-hydrogen) atoms. The minimum Gasteiger partial charge on any atom is -0.493 e. The monoisotopic (exact) mass is 456 g/mol. The second kappa shape index (κ2) is 9.01. The number of benzene rings is 2. The molecule has 9 nitrogen and oxygen atoms in total. The van der Waals surface area contributed by atoms with Crippen LogP contribution in [0.1, 0.15) is 27.6 Å². The number of nitrogens with one attached hydrogen (secondary N) is 2. The van der Waals surface area contributed by atoms with Gasteiger partial charge in [-0.05, 0) is 36.2 Å². The fraction of sp³-hybridized carbons (Fsp3) is 0.273. The second-order valence-electron chi connectivity index (χ2n) is 7.18. The van der Waals surface area contributed by atoms with E-state index in [1.54, 1.807) is 36.4 Å². The molecule has 0 aromatic heterocycles. The number of amides is 3. The van der Waals surface area contributed by atoms with Gasteiger partial charge in [-0.3, -0.25) is 24.5 Å². The molecule has 166 valence electrons. The number of imide groups is 1. The molecule has 2 aromatic rings. The number of methoxy groups -OCH3 is 2. The van der Waals surface area contributed by atoms with Gasteiger partial charge in [0.15, 0.2) is 23.4 Å². The standard InChI is InChI=1S/C22H20N2O7S/c1-29-16-8-13-14(9-17(16)30-2)19(31-10-15(13)25)21(27)23-12-5-3-11(4-6-12)7-18-20(26)24-22(28)32-18/h3-6,8-9,18-19H,7,10H2,1-2H3,(H,23,27)(H,24,26,28). The van der Waals surface area contributed by atoms with Gasteiger partial charge in [0.1, 0.15) is 6.61 Å². The molecule has 2 atom stereocenters. The van der Waals surface area contributed by atoms with Crippen molar-refractivity contribution in [2.24, 2.45) is 0 Å². The first-order valence-corrected chi connectivity index (χ1v) is 10.6. The van der Waals surface area contributed by atoms with Crippen LogP contribution in [0.25, 0.3) is 0 Å². The van der Waals surface area contributed by atoms with E-state index < -0.39 is 17.3 Å². The maximum atomic E-state index is 12.9. The molecule has 4 rings (SSSR count). The highest BCUT2D eigenvalue weighted by molar-refractivity contribution is 8.15. The van der Waals surface area contributed by atoms with Gasteiger partial charge in [-0.2, -0.15) is 0 Å². The van der Waals surface area contributed by atoms with Gasteiger partial charge >= 0.3 is 0 Å². The van der Waals surface area contributed by atoms with E-state index in [1.165, 1.54) is 14.2 Å². The molecule has 1 fully saturated rings. The Morgan fingerprint density at radius 1 is 1.12 bits per heavy atom. The van der Waals surface area contributed by atoms with Gasteiger partial charge in [0, 0.05) is 16.8 Å². The second-order valence-corrected chi connectivity index (χ2v) is 8.36. The lowest BCUT2D eigenvalue weighted by Crippen LogP contribution is -2.31. The first-order chi connectivity index (χ1) is 15.4. The first kappa shape index (κ1) is 21.8. The quantitative estimate of drug-likeness (QED) is 0.680. The minimum atomic E-state index is -0.994. The highest BCUT2D eigenvalue weighted by atomic mass is 32.2. The van der Waals surface area contributed by atoms with Crippen LogP contribution in [0.2, 0.25) is 0 Å². The molecule has 2 unspecified atom stereocenters. The number of thioether (sulfide) groups is 1. The summed E-state index contributed by atoms with van der Waals surface area (Å²) in [5.41, 5.74) is 2.14. The maximum absolute atomic E-state index is 12.9.